The summed E-state index contributed by atoms with van der Waals surface area (Å²) in [6, 6.07) is 10.1. The van der Waals surface area contributed by atoms with Crippen molar-refractivity contribution in [2.45, 2.75) is 33.0 Å². The third-order valence-corrected chi connectivity index (χ3v) is 13.6. The fourth-order valence-corrected chi connectivity index (χ4v) is 9.74. The Bertz CT molecular complexity index is 2250. The molecule has 16 nitrogen and oxygen atoms in total. The summed E-state index contributed by atoms with van der Waals surface area (Å²) in [5, 5.41) is 0. The monoisotopic (exact) mass is 1030 g/mol. The van der Waals surface area contributed by atoms with Crippen LogP contribution in [0.3, 0.4) is 0 Å². The van der Waals surface area contributed by atoms with Gasteiger partial charge in [-0.15, -0.1) is 0 Å². The van der Waals surface area contributed by atoms with Gasteiger partial charge in [-0.3, -0.25) is 0 Å². The number of hydrogen-bond donors (Lipinski definition) is 0. The molecule has 0 radical (unpaired) electrons. The van der Waals surface area contributed by atoms with E-state index in [2.05, 4.69) is 32.9 Å². The van der Waals surface area contributed by atoms with Crippen LogP contribution < -0.4 is 0 Å². The van der Waals surface area contributed by atoms with Crippen molar-refractivity contribution >= 4 is 94.8 Å². The maximum atomic E-state index is 12.9. The molecule has 2 saturated heterocycles. The second kappa shape index (κ2) is 30.7. The Morgan fingerprint density at radius 3 is 1.14 bits per heavy atom. The highest BCUT2D eigenvalue weighted by atomic mass is 32.2. The van der Waals surface area contributed by atoms with E-state index in [4.69, 9.17) is 37.9 Å². The fourth-order valence-electron chi connectivity index (χ4n) is 5.36. The molecule has 20 heteroatoms. The van der Waals surface area contributed by atoms with Gasteiger partial charge in [0.2, 0.25) is 0 Å². The van der Waals surface area contributed by atoms with Gasteiger partial charge in [0.05, 0.1) is 27.8 Å². The number of benzene rings is 2. The van der Waals surface area contributed by atoms with Gasteiger partial charge >= 0.3 is 47.8 Å². The molecule has 2 aliphatic heterocycles. The minimum Gasteiger partial charge on any atom is -0.459 e. The van der Waals surface area contributed by atoms with Gasteiger partial charge in [0.1, 0.15) is 51.8 Å². The first kappa shape index (κ1) is 57.6. The average molecular weight is 1030 g/mol. The molecule has 69 heavy (non-hydrogen) atoms. The molecule has 2 aliphatic rings. The predicted octanol–water partition coefficient (Wildman–Crippen LogP) is 7.32. The number of carbonyl (C=O) groups excluding carboxylic acids is 8. The van der Waals surface area contributed by atoms with Gasteiger partial charge in [0, 0.05) is 62.7 Å². The highest BCUT2D eigenvalue weighted by molar-refractivity contribution is 8.01. The summed E-state index contributed by atoms with van der Waals surface area (Å²) in [5.41, 5.74) is 2.80. The lowest BCUT2D eigenvalue weighted by molar-refractivity contribution is -0.140. The van der Waals surface area contributed by atoms with E-state index in [0.717, 1.165) is 28.6 Å². The van der Waals surface area contributed by atoms with E-state index in [1.54, 1.807) is 59.2 Å². The maximum Gasteiger partial charge on any atom is 0.339 e. The molecule has 4 rings (SSSR count). The summed E-state index contributed by atoms with van der Waals surface area (Å²) in [6.07, 6.45) is -0.586. The summed E-state index contributed by atoms with van der Waals surface area (Å²) in [5.74, 6) is 0.210. The normalized spacial score (nSPS) is 14.2. The fraction of sp³-hybridized carbons (Fsp3) is 0.388. The number of carbonyl (C=O) groups is 8. The topological polar surface area (TPSA) is 210 Å². The van der Waals surface area contributed by atoms with Crippen molar-refractivity contribution in [3.8, 4) is 0 Å². The average Bonchev–Trinajstić information content (AvgIpc) is 3.30. The predicted molar refractivity (Wildman–Crippen MR) is 267 cm³/mol. The molecule has 0 amide bonds. The Morgan fingerprint density at radius 1 is 0.449 bits per heavy atom. The lowest BCUT2D eigenvalue weighted by atomic mass is 10.0. The largest absolute Gasteiger partial charge is 0.459 e. The van der Waals surface area contributed by atoms with Crippen LogP contribution in [0.25, 0.3) is 0 Å². The molecular formula is C49H56O16S4. The molecule has 0 unspecified atom stereocenters. The molecule has 372 valence electrons. The van der Waals surface area contributed by atoms with E-state index in [0.29, 0.717) is 23.0 Å². The van der Waals surface area contributed by atoms with Crippen molar-refractivity contribution in [2.75, 3.05) is 85.7 Å². The van der Waals surface area contributed by atoms with Crippen LogP contribution in [-0.4, -0.2) is 146 Å². The summed E-state index contributed by atoms with van der Waals surface area (Å²) in [6.45, 7) is 21.6. The first-order valence-electron chi connectivity index (χ1n) is 21.2. The van der Waals surface area contributed by atoms with Crippen LogP contribution in [-0.2, 0) is 52.3 Å². The van der Waals surface area contributed by atoms with E-state index < -0.39 is 47.8 Å². The molecule has 0 bridgehead atoms. The van der Waals surface area contributed by atoms with Crippen molar-refractivity contribution in [1.29, 1.82) is 0 Å². The van der Waals surface area contributed by atoms with Gasteiger partial charge < -0.3 is 37.9 Å². The van der Waals surface area contributed by atoms with Crippen molar-refractivity contribution in [1.82, 2.24) is 0 Å². The van der Waals surface area contributed by atoms with Crippen LogP contribution in [0.15, 0.2) is 103 Å². The van der Waals surface area contributed by atoms with Crippen LogP contribution in [0, 0.1) is 0 Å². The number of hydrogen-bond acceptors (Lipinski definition) is 20. The highest BCUT2D eigenvalue weighted by Crippen LogP contribution is 2.25. The van der Waals surface area contributed by atoms with Crippen molar-refractivity contribution < 1.29 is 76.3 Å². The summed E-state index contributed by atoms with van der Waals surface area (Å²) in [7, 11) is 0. The third kappa shape index (κ3) is 21.2. The second-order valence-corrected chi connectivity index (χ2v) is 19.2. The SMILES string of the molecule is C=C1CSCC(OC(=O)c2ccc(C(=O)OCCOC(=O)C(=C)C)c(C(=O)OCCOC(=O)C(=C)C)c2)CSC1.C=C1CSCC(OC(=O)c2ccccc2C(=O)OCCOC(=O)C(=C)C)CSC1. The summed E-state index contributed by atoms with van der Waals surface area (Å²) in [4.78, 5) is 97.9. The molecular weight excluding hydrogens is 973 g/mol. The van der Waals surface area contributed by atoms with Gasteiger partial charge in [0.25, 0.3) is 0 Å². The summed E-state index contributed by atoms with van der Waals surface area (Å²) >= 11 is 6.61. The highest BCUT2D eigenvalue weighted by Gasteiger charge is 2.26. The Labute approximate surface area is 418 Å². The molecule has 0 atom stereocenters. The van der Waals surface area contributed by atoms with Crippen LogP contribution in [0.5, 0.6) is 0 Å². The van der Waals surface area contributed by atoms with Gasteiger partial charge in [0.15, 0.2) is 0 Å². The van der Waals surface area contributed by atoms with Gasteiger partial charge in [-0.05, 0) is 51.1 Å². The number of ether oxygens (including phenoxy) is 8. The number of esters is 8. The zero-order valence-electron chi connectivity index (χ0n) is 38.8. The first-order chi connectivity index (χ1) is 32.9. The molecule has 0 N–H and O–H groups in total. The molecule has 2 fully saturated rings. The van der Waals surface area contributed by atoms with Crippen molar-refractivity contribution in [3.05, 3.63) is 131 Å². The van der Waals surface area contributed by atoms with E-state index in [9.17, 15) is 38.4 Å². The molecule has 2 aromatic rings. The third-order valence-electron chi connectivity index (χ3n) is 8.74. The smallest absolute Gasteiger partial charge is 0.339 e. The van der Waals surface area contributed by atoms with Gasteiger partial charge in [-0.1, -0.05) is 56.2 Å². The molecule has 2 aromatic carbocycles. The molecule has 0 aliphatic carbocycles. The maximum absolute atomic E-state index is 12.9. The van der Waals surface area contributed by atoms with E-state index in [-0.39, 0.29) is 96.4 Å². The second-order valence-electron chi connectivity index (χ2n) is 15.1. The zero-order valence-corrected chi connectivity index (χ0v) is 42.1. The van der Waals surface area contributed by atoms with Crippen LogP contribution in [0.2, 0.25) is 0 Å². The van der Waals surface area contributed by atoms with Gasteiger partial charge in [-0.25, -0.2) is 38.4 Å². The molecule has 0 spiro atoms. The Kier molecular flexibility index (Phi) is 25.6. The van der Waals surface area contributed by atoms with E-state index in [1.807, 2.05) is 0 Å². The molecule has 0 aromatic heterocycles. The molecule has 2 heterocycles. The van der Waals surface area contributed by atoms with Crippen LogP contribution in [0.1, 0.15) is 72.6 Å². The number of rotatable bonds is 19. The standard InChI is InChI=1S/C28H32O10S2.C21H24O6S2/c1-17(2)24(29)34-8-10-36-27(32)22-7-6-20(26(31)38-21-15-39-13-19(5)14-40-16-21)12-23(22)28(33)37-11-9-35-25(30)18(3)4;1-14(2)19(22)25-8-9-26-20(23)17-6-4-5-7-18(17)21(24)27-16-12-28-10-15(3)11-29-13-16/h6-7,12,21H,1,3,5,8-11,13-16H2,2,4H3;4-7,16H,1,3,8-13H2,2H3. The lowest BCUT2D eigenvalue weighted by Gasteiger charge is -2.21. The van der Waals surface area contributed by atoms with E-state index >= 15 is 0 Å². The number of thioether (sulfide) groups is 4. The van der Waals surface area contributed by atoms with Gasteiger partial charge in [-0.2, -0.15) is 47.0 Å². The zero-order chi connectivity index (χ0) is 50.9. The first-order valence-corrected chi connectivity index (χ1v) is 25.8. The van der Waals surface area contributed by atoms with E-state index in [1.165, 1.54) is 56.7 Å². The van der Waals surface area contributed by atoms with Crippen molar-refractivity contribution in [3.63, 3.8) is 0 Å². The minimum absolute atomic E-state index is 0.0362. The Hall–Kier alpha value is -5.70. The lowest BCUT2D eigenvalue weighted by Crippen LogP contribution is -2.26. The quantitative estimate of drug-likeness (QED) is 0.0443. The van der Waals surface area contributed by atoms with Crippen LogP contribution in [0.4, 0.5) is 0 Å². The minimum atomic E-state index is -0.947. The van der Waals surface area contributed by atoms with Crippen molar-refractivity contribution in [2.24, 2.45) is 0 Å². The molecule has 0 saturated carbocycles. The Morgan fingerprint density at radius 2 is 0.768 bits per heavy atom. The van der Waals surface area contributed by atoms with Crippen LogP contribution >= 0.6 is 47.0 Å². The Balaban J connectivity index is 0.000000384. The summed E-state index contributed by atoms with van der Waals surface area (Å²) < 4.78 is 41.4.